The molecule has 10 nitrogen and oxygen atoms in total. The van der Waals surface area contributed by atoms with Crippen LogP contribution in [-0.2, 0) is 16.6 Å². The molecule has 0 atom stereocenters. The van der Waals surface area contributed by atoms with Gasteiger partial charge in [0.2, 0.25) is 5.91 Å². The first-order valence-electron chi connectivity index (χ1n) is 15.9. The minimum Gasteiger partial charge on any atom is -0.457 e. The van der Waals surface area contributed by atoms with Crippen molar-refractivity contribution in [3.63, 3.8) is 0 Å². The number of carbonyl (C=O) groups excluding carboxylic acids is 2. The summed E-state index contributed by atoms with van der Waals surface area (Å²) in [7, 11) is 2.07. The molecule has 3 aromatic carbocycles. The van der Waals surface area contributed by atoms with E-state index < -0.39 is 0 Å². The van der Waals surface area contributed by atoms with Crippen LogP contribution in [0.2, 0.25) is 0 Å². The maximum absolute atomic E-state index is 13.4. The SMILES string of the molecule is Cc1ccc(-n2nc(C(C)(C)C)cc2NC(=O)Nc2ccc(Oc3ccnc(CC(=O)N4CCN(C)CC4)c3)c3ccccc23)cc1. The van der Waals surface area contributed by atoms with E-state index in [1.165, 1.54) is 0 Å². The monoisotopic (exact) mass is 631 g/mol. The maximum atomic E-state index is 13.4. The number of carbonyl (C=O) groups is 2. The third-order valence-corrected chi connectivity index (χ3v) is 8.33. The predicted octanol–water partition coefficient (Wildman–Crippen LogP) is 6.78. The van der Waals surface area contributed by atoms with Gasteiger partial charge in [-0.2, -0.15) is 5.10 Å². The van der Waals surface area contributed by atoms with E-state index in [1.807, 2.05) is 84.6 Å². The van der Waals surface area contributed by atoms with E-state index in [0.29, 0.717) is 28.7 Å². The lowest BCUT2D eigenvalue weighted by molar-refractivity contribution is -0.132. The molecule has 0 spiro atoms. The zero-order valence-corrected chi connectivity index (χ0v) is 27.6. The van der Waals surface area contributed by atoms with Crippen molar-refractivity contribution in [3.8, 4) is 17.2 Å². The van der Waals surface area contributed by atoms with Crippen molar-refractivity contribution in [2.75, 3.05) is 43.9 Å². The largest absolute Gasteiger partial charge is 0.457 e. The van der Waals surface area contributed by atoms with Crippen molar-refractivity contribution in [3.05, 3.63) is 102 Å². The molecule has 0 saturated carbocycles. The van der Waals surface area contributed by atoms with Crippen LogP contribution in [0.5, 0.6) is 11.5 Å². The topological polar surface area (TPSA) is 105 Å². The molecule has 0 bridgehead atoms. The molecular weight excluding hydrogens is 590 g/mol. The van der Waals surface area contributed by atoms with Gasteiger partial charge in [0.15, 0.2) is 0 Å². The van der Waals surface area contributed by atoms with Gasteiger partial charge in [-0.15, -0.1) is 0 Å². The summed E-state index contributed by atoms with van der Waals surface area (Å²) in [5.41, 5.74) is 3.95. The number of hydrogen-bond acceptors (Lipinski definition) is 6. The number of likely N-dealkylation sites (N-methyl/N-ethyl adjacent to an activating group) is 1. The van der Waals surface area contributed by atoms with Crippen LogP contribution in [0.25, 0.3) is 16.5 Å². The molecule has 10 heteroatoms. The molecular formula is C37H41N7O3. The van der Waals surface area contributed by atoms with E-state index in [1.54, 1.807) is 16.9 Å². The molecule has 1 saturated heterocycles. The Morgan fingerprint density at radius 3 is 2.32 bits per heavy atom. The molecule has 1 aliphatic heterocycles. The second kappa shape index (κ2) is 13.3. The zero-order valence-electron chi connectivity index (χ0n) is 27.6. The van der Waals surface area contributed by atoms with E-state index in [0.717, 1.165) is 53.9 Å². The van der Waals surface area contributed by atoms with E-state index >= 15 is 0 Å². The predicted molar refractivity (Wildman–Crippen MR) is 186 cm³/mol. The van der Waals surface area contributed by atoms with Crippen LogP contribution in [0, 0.1) is 6.92 Å². The van der Waals surface area contributed by atoms with Gasteiger partial charge in [-0.05, 0) is 44.3 Å². The van der Waals surface area contributed by atoms with Crippen LogP contribution < -0.4 is 15.4 Å². The molecule has 1 aliphatic rings. The summed E-state index contributed by atoms with van der Waals surface area (Å²) in [5, 5.41) is 12.5. The van der Waals surface area contributed by atoms with Gasteiger partial charge in [0.25, 0.3) is 0 Å². The Kier molecular flexibility index (Phi) is 8.95. The smallest absolute Gasteiger partial charge is 0.324 e. The molecule has 6 rings (SSSR count). The molecule has 3 amide bonds. The fourth-order valence-corrected chi connectivity index (χ4v) is 5.52. The number of ether oxygens (including phenoxy) is 1. The van der Waals surface area contributed by atoms with Crippen molar-refractivity contribution < 1.29 is 14.3 Å². The number of nitrogens with one attached hydrogen (secondary N) is 2. The number of piperazine rings is 1. The molecule has 5 aromatic rings. The fourth-order valence-electron chi connectivity index (χ4n) is 5.52. The van der Waals surface area contributed by atoms with Crippen molar-refractivity contribution in [1.29, 1.82) is 0 Å². The molecule has 3 heterocycles. The summed E-state index contributed by atoms with van der Waals surface area (Å²) in [6.07, 6.45) is 1.89. The summed E-state index contributed by atoms with van der Waals surface area (Å²) in [6, 6.07) is 24.5. The second-order valence-corrected chi connectivity index (χ2v) is 13.1. The minimum atomic E-state index is -0.388. The Bertz CT molecular complexity index is 1900. The Labute approximate surface area is 275 Å². The van der Waals surface area contributed by atoms with Crippen molar-refractivity contribution in [1.82, 2.24) is 24.6 Å². The lowest BCUT2D eigenvalue weighted by Crippen LogP contribution is -2.47. The van der Waals surface area contributed by atoms with Gasteiger partial charge < -0.3 is 19.9 Å². The third kappa shape index (κ3) is 7.44. The number of amides is 3. The number of nitrogens with zero attached hydrogens (tertiary/aromatic N) is 5. The zero-order chi connectivity index (χ0) is 33.1. The molecule has 0 unspecified atom stereocenters. The molecule has 1 fully saturated rings. The average molecular weight is 632 g/mol. The first-order valence-corrected chi connectivity index (χ1v) is 15.9. The van der Waals surface area contributed by atoms with E-state index in [4.69, 9.17) is 9.84 Å². The first-order chi connectivity index (χ1) is 22.5. The van der Waals surface area contributed by atoms with Crippen LogP contribution in [0.1, 0.15) is 37.7 Å². The number of benzene rings is 3. The first kappa shape index (κ1) is 31.7. The van der Waals surface area contributed by atoms with Crippen LogP contribution in [-0.4, -0.2) is 69.7 Å². The Morgan fingerprint density at radius 2 is 1.60 bits per heavy atom. The number of aryl methyl sites for hydroxylation is 1. The Balaban J connectivity index is 1.19. The lowest BCUT2D eigenvalue weighted by Gasteiger charge is -2.32. The van der Waals surface area contributed by atoms with Crippen molar-refractivity contribution in [2.24, 2.45) is 0 Å². The van der Waals surface area contributed by atoms with Crippen LogP contribution in [0.4, 0.5) is 16.3 Å². The van der Waals surface area contributed by atoms with Gasteiger partial charge in [0.1, 0.15) is 17.3 Å². The number of aromatic nitrogens is 3. The molecule has 2 N–H and O–H groups in total. The van der Waals surface area contributed by atoms with Gasteiger partial charge in [0.05, 0.1) is 29.2 Å². The fraction of sp³-hybridized carbons (Fsp3) is 0.297. The van der Waals surface area contributed by atoms with Crippen LogP contribution >= 0.6 is 0 Å². The number of fused-ring (bicyclic) bond motifs is 1. The van der Waals surface area contributed by atoms with E-state index in [9.17, 15) is 9.59 Å². The summed E-state index contributed by atoms with van der Waals surface area (Å²) in [6.45, 7) is 11.5. The molecule has 0 aliphatic carbocycles. The minimum absolute atomic E-state index is 0.0680. The summed E-state index contributed by atoms with van der Waals surface area (Å²) in [4.78, 5) is 34.8. The average Bonchev–Trinajstić information content (AvgIpc) is 3.47. The summed E-state index contributed by atoms with van der Waals surface area (Å²) < 4.78 is 8.09. The number of pyridine rings is 1. The number of urea groups is 1. The number of hydrogen-bond donors (Lipinski definition) is 2. The van der Waals surface area contributed by atoms with Crippen molar-refractivity contribution in [2.45, 2.75) is 39.5 Å². The highest BCUT2D eigenvalue weighted by Crippen LogP contribution is 2.35. The molecule has 242 valence electrons. The van der Waals surface area contributed by atoms with Gasteiger partial charge >= 0.3 is 6.03 Å². The molecule has 0 radical (unpaired) electrons. The third-order valence-electron chi connectivity index (χ3n) is 8.33. The Hall–Kier alpha value is -5.22. The van der Waals surface area contributed by atoms with Crippen molar-refractivity contribution >= 4 is 34.2 Å². The standard InChI is InChI=1S/C37H41N7O3/c1-25-10-12-27(13-11-25)44-34(24-33(41-44)37(2,3)4)40-36(46)39-31-14-15-32(30-9-7-6-8-29(30)31)47-28-16-17-38-26(22-28)23-35(45)43-20-18-42(5)19-21-43/h6-17,22,24H,18-21,23H2,1-5H3,(H2,39,40,46). The summed E-state index contributed by atoms with van der Waals surface area (Å²) in [5.74, 6) is 1.85. The highest BCUT2D eigenvalue weighted by molar-refractivity contribution is 6.07. The summed E-state index contributed by atoms with van der Waals surface area (Å²) >= 11 is 0. The highest BCUT2D eigenvalue weighted by atomic mass is 16.5. The van der Waals surface area contributed by atoms with Gasteiger partial charge in [-0.1, -0.05) is 62.7 Å². The van der Waals surface area contributed by atoms with Gasteiger partial charge in [0, 0.05) is 60.7 Å². The Morgan fingerprint density at radius 1 is 0.872 bits per heavy atom. The maximum Gasteiger partial charge on any atom is 0.324 e. The molecule has 47 heavy (non-hydrogen) atoms. The van der Waals surface area contributed by atoms with Gasteiger partial charge in [-0.3, -0.25) is 15.1 Å². The number of rotatable bonds is 7. The molecule has 2 aromatic heterocycles. The highest BCUT2D eigenvalue weighted by Gasteiger charge is 2.23. The van der Waals surface area contributed by atoms with Crippen LogP contribution in [0.15, 0.2) is 85.1 Å². The number of anilines is 2. The van der Waals surface area contributed by atoms with Crippen LogP contribution in [0.3, 0.4) is 0 Å². The van der Waals surface area contributed by atoms with Gasteiger partial charge in [-0.25, -0.2) is 9.48 Å². The normalized spacial score (nSPS) is 13.9. The second-order valence-electron chi connectivity index (χ2n) is 13.1. The van der Waals surface area contributed by atoms with E-state index in [2.05, 4.69) is 48.3 Å². The quantitative estimate of drug-likeness (QED) is 0.205. The lowest BCUT2D eigenvalue weighted by atomic mass is 9.92. The van der Waals surface area contributed by atoms with E-state index in [-0.39, 0.29) is 23.8 Å².